The molecule has 2 rings (SSSR count). The number of nitrogens with one attached hydrogen (secondary N) is 1. The van der Waals surface area contributed by atoms with E-state index < -0.39 is 0 Å². The van der Waals surface area contributed by atoms with Gasteiger partial charge in [-0.25, -0.2) is 4.98 Å². The molecule has 1 aromatic carbocycles. The van der Waals surface area contributed by atoms with Crippen LogP contribution in [0.15, 0.2) is 36.7 Å². The second-order valence-corrected chi connectivity index (χ2v) is 4.98. The van der Waals surface area contributed by atoms with Crippen LogP contribution >= 0.6 is 0 Å². The summed E-state index contributed by atoms with van der Waals surface area (Å²) in [5, 5.41) is 3.22. The Hall–Kier alpha value is -1.94. The van der Waals surface area contributed by atoms with Crippen LogP contribution < -0.4 is 10.1 Å². The molecule has 1 aromatic heterocycles. The highest BCUT2D eigenvalue weighted by Crippen LogP contribution is 2.20. The number of aryl methyl sites for hydroxylation is 1. The number of aromatic nitrogens is 2. The quantitative estimate of drug-likeness (QED) is 0.803. The molecule has 4 heteroatoms. The average Bonchev–Trinajstić information content (AvgIpc) is 2.53. The summed E-state index contributed by atoms with van der Waals surface area (Å²) in [6.45, 7) is 5.88. The Labute approximate surface area is 126 Å². The van der Waals surface area contributed by atoms with E-state index in [1.54, 1.807) is 12.4 Å². The number of nitrogens with zero attached hydrogens (tertiary/aromatic N) is 2. The molecular formula is C17H23N3O. The predicted molar refractivity (Wildman–Crippen MR) is 84.5 cm³/mol. The number of hydrogen-bond acceptors (Lipinski definition) is 4. The Morgan fingerprint density at radius 3 is 2.62 bits per heavy atom. The first-order chi connectivity index (χ1) is 10.3. The van der Waals surface area contributed by atoms with E-state index in [-0.39, 0.29) is 0 Å². The summed E-state index contributed by atoms with van der Waals surface area (Å²) in [4.78, 5) is 8.59. The van der Waals surface area contributed by atoms with Gasteiger partial charge in [-0.15, -0.1) is 0 Å². The van der Waals surface area contributed by atoms with Crippen molar-refractivity contribution in [3.8, 4) is 11.6 Å². The lowest BCUT2D eigenvalue weighted by Gasteiger charge is -2.07. The van der Waals surface area contributed by atoms with E-state index in [1.807, 2.05) is 12.1 Å². The van der Waals surface area contributed by atoms with E-state index in [2.05, 4.69) is 41.3 Å². The molecule has 0 saturated carbocycles. The molecule has 112 valence electrons. The lowest BCUT2D eigenvalue weighted by molar-refractivity contribution is 0.456. The summed E-state index contributed by atoms with van der Waals surface area (Å²) in [5.74, 6) is 1.33. The first kappa shape index (κ1) is 15.4. The van der Waals surface area contributed by atoms with Crippen LogP contribution in [-0.2, 0) is 13.0 Å². The van der Waals surface area contributed by atoms with Gasteiger partial charge in [0.05, 0.1) is 11.9 Å². The lowest BCUT2D eigenvalue weighted by atomic mass is 10.1. The molecule has 0 fully saturated rings. The van der Waals surface area contributed by atoms with Crippen LogP contribution in [0.5, 0.6) is 11.6 Å². The van der Waals surface area contributed by atoms with E-state index in [0.717, 1.165) is 24.4 Å². The zero-order valence-corrected chi connectivity index (χ0v) is 12.8. The SMILES string of the molecule is CCCCc1ccc(Oc2cncc(CNCC)n2)cc1. The van der Waals surface area contributed by atoms with Crippen LogP contribution in [0.1, 0.15) is 37.9 Å². The highest BCUT2D eigenvalue weighted by atomic mass is 16.5. The molecule has 0 atom stereocenters. The fraction of sp³-hybridized carbons (Fsp3) is 0.412. The van der Waals surface area contributed by atoms with Gasteiger partial charge in [0.25, 0.3) is 0 Å². The van der Waals surface area contributed by atoms with E-state index in [0.29, 0.717) is 12.4 Å². The van der Waals surface area contributed by atoms with Gasteiger partial charge in [-0.05, 0) is 37.1 Å². The monoisotopic (exact) mass is 285 g/mol. The molecule has 1 N–H and O–H groups in total. The summed E-state index contributed by atoms with van der Waals surface area (Å²) in [5.41, 5.74) is 2.23. The zero-order valence-electron chi connectivity index (χ0n) is 12.8. The van der Waals surface area contributed by atoms with E-state index in [4.69, 9.17) is 4.74 Å². The van der Waals surface area contributed by atoms with Gasteiger partial charge in [0.15, 0.2) is 0 Å². The molecule has 21 heavy (non-hydrogen) atoms. The van der Waals surface area contributed by atoms with Crippen molar-refractivity contribution in [1.82, 2.24) is 15.3 Å². The molecule has 0 unspecified atom stereocenters. The van der Waals surface area contributed by atoms with Gasteiger partial charge < -0.3 is 10.1 Å². The molecule has 0 amide bonds. The maximum Gasteiger partial charge on any atom is 0.238 e. The molecule has 0 aliphatic heterocycles. The minimum atomic E-state index is 0.534. The second-order valence-electron chi connectivity index (χ2n) is 4.98. The standard InChI is InChI=1S/C17H23N3O/c1-3-5-6-14-7-9-16(10-8-14)21-17-13-19-12-15(20-17)11-18-4-2/h7-10,12-13,18H,3-6,11H2,1-2H3. The van der Waals surface area contributed by atoms with Crippen molar-refractivity contribution in [2.75, 3.05) is 6.54 Å². The molecule has 0 spiro atoms. The van der Waals surface area contributed by atoms with Gasteiger partial charge >= 0.3 is 0 Å². The molecule has 1 heterocycles. The maximum atomic E-state index is 5.76. The fourth-order valence-electron chi connectivity index (χ4n) is 2.00. The minimum absolute atomic E-state index is 0.534. The van der Waals surface area contributed by atoms with Crippen LogP contribution in [0.3, 0.4) is 0 Å². The highest BCUT2D eigenvalue weighted by Gasteiger charge is 2.02. The van der Waals surface area contributed by atoms with Crippen molar-refractivity contribution in [3.63, 3.8) is 0 Å². The summed E-state index contributed by atoms with van der Waals surface area (Å²) >= 11 is 0. The van der Waals surface area contributed by atoms with Gasteiger partial charge in [-0.1, -0.05) is 32.4 Å². The fourth-order valence-corrected chi connectivity index (χ4v) is 2.00. The predicted octanol–water partition coefficient (Wildman–Crippen LogP) is 3.72. The molecule has 0 aliphatic carbocycles. The van der Waals surface area contributed by atoms with Gasteiger partial charge in [0.2, 0.25) is 5.88 Å². The Bertz CT molecular complexity index is 540. The first-order valence-corrected chi connectivity index (χ1v) is 7.60. The summed E-state index contributed by atoms with van der Waals surface area (Å²) < 4.78 is 5.76. The molecular weight excluding hydrogens is 262 g/mol. The molecule has 4 nitrogen and oxygen atoms in total. The van der Waals surface area contributed by atoms with Gasteiger partial charge in [0, 0.05) is 12.7 Å². The van der Waals surface area contributed by atoms with Gasteiger partial charge in [-0.2, -0.15) is 0 Å². The van der Waals surface area contributed by atoms with Crippen molar-refractivity contribution < 1.29 is 4.74 Å². The number of ether oxygens (including phenoxy) is 1. The van der Waals surface area contributed by atoms with E-state index in [1.165, 1.54) is 18.4 Å². The van der Waals surface area contributed by atoms with Crippen molar-refractivity contribution in [3.05, 3.63) is 47.9 Å². The summed E-state index contributed by atoms with van der Waals surface area (Å²) in [6.07, 6.45) is 6.95. The van der Waals surface area contributed by atoms with Crippen LogP contribution in [0.2, 0.25) is 0 Å². The molecule has 0 radical (unpaired) electrons. The normalized spacial score (nSPS) is 10.6. The maximum absolute atomic E-state index is 5.76. The van der Waals surface area contributed by atoms with E-state index >= 15 is 0 Å². The van der Waals surface area contributed by atoms with Crippen molar-refractivity contribution in [1.29, 1.82) is 0 Å². The van der Waals surface area contributed by atoms with Crippen LogP contribution in [0, 0.1) is 0 Å². The molecule has 0 saturated heterocycles. The topological polar surface area (TPSA) is 47.0 Å². The van der Waals surface area contributed by atoms with Gasteiger partial charge in [-0.3, -0.25) is 4.98 Å². The molecule has 2 aromatic rings. The van der Waals surface area contributed by atoms with Crippen molar-refractivity contribution >= 4 is 0 Å². The number of unbranched alkanes of at least 4 members (excludes halogenated alkanes) is 1. The summed E-state index contributed by atoms with van der Waals surface area (Å²) in [7, 11) is 0. The number of hydrogen-bond donors (Lipinski definition) is 1. The third kappa shape index (κ3) is 5.16. The Balaban J connectivity index is 1.97. The molecule has 0 bridgehead atoms. The largest absolute Gasteiger partial charge is 0.437 e. The van der Waals surface area contributed by atoms with Crippen LogP contribution in [0.25, 0.3) is 0 Å². The Morgan fingerprint density at radius 2 is 1.90 bits per heavy atom. The van der Waals surface area contributed by atoms with Crippen LogP contribution in [0.4, 0.5) is 0 Å². The third-order valence-electron chi connectivity index (χ3n) is 3.18. The first-order valence-electron chi connectivity index (χ1n) is 7.60. The van der Waals surface area contributed by atoms with E-state index in [9.17, 15) is 0 Å². The molecule has 0 aliphatic rings. The summed E-state index contributed by atoms with van der Waals surface area (Å²) in [6, 6.07) is 8.20. The van der Waals surface area contributed by atoms with Gasteiger partial charge in [0.1, 0.15) is 5.75 Å². The van der Waals surface area contributed by atoms with Crippen molar-refractivity contribution in [2.45, 2.75) is 39.7 Å². The second kappa shape index (κ2) is 8.37. The zero-order chi connectivity index (χ0) is 14.9. The smallest absolute Gasteiger partial charge is 0.238 e. The number of rotatable bonds is 8. The third-order valence-corrected chi connectivity index (χ3v) is 3.18. The Kier molecular flexibility index (Phi) is 6.16. The average molecular weight is 285 g/mol. The lowest BCUT2D eigenvalue weighted by Crippen LogP contribution is -2.13. The van der Waals surface area contributed by atoms with Crippen LogP contribution in [-0.4, -0.2) is 16.5 Å². The Morgan fingerprint density at radius 1 is 1.10 bits per heavy atom. The highest BCUT2D eigenvalue weighted by molar-refractivity contribution is 5.30. The number of benzene rings is 1. The minimum Gasteiger partial charge on any atom is -0.437 e. The van der Waals surface area contributed by atoms with Crippen molar-refractivity contribution in [2.24, 2.45) is 0 Å².